The molecule has 0 N–H and O–H groups in total. The van der Waals surface area contributed by atoms with E-state index in [0.29, 0.717) is 0 Å². The molecule has 0 amide bonds. The molecule has 124 valence electrons. The molecule has 1 nitrogen and oxygen atoms in total. The molecule has 0 unspecified atom stereocenters. The zero-order valence-electron chi connectivity index (χ0n) is 14.4. The third-order valence-corrected chi connectivity index (χ3v) is 4.42. The van der Waals surface area contributed by atoms with Gasteiger partial charge >= 0.3 is 0 Å². The maximum atomic E-state index is 3.78. The first-order valence-corrected chi connectivity index (χ1v) is 8.74. The molecule has 0 radical (unpaired) electrons. The molecule has 0 aliphatic carbocycles. The summed E-state index contributed by atoms with van der Waals surface area (Å²) in [5.74, 6) is 0. The average molecular weight is 333 g/mol. The van der Waals surface area contributed by atoms with Crippen LogP contribution in [0.4, 0.5) is 0 Å². The van der Waals surface area contributed by atoms with Gasteiger partial charge in [-0.3, -0.25) is 4.98 Å². The normalized spacial score (nSPS) is 10.3. The molecule has 0 spiro atoms. The molecular weight excluding hydrogens is 314 g/mol. The number of pyridine rings is 1. The van der Waals surface area contributed by atoms with E-state index in [9.17, 15) is 0 Å². The first-order chi connectivity index (χ1) is 12.9. The highest BCUT2D eigenvalue weighted by atomic mass is 14.6. The van der Waals surface area contributed by atoms with Crippen molar-refractivity contribution in [2.45, 2.75) is 0 Å². The van der Waals surface area contributed by atoms with E-state index in [0.717, 1.165) is 0 Å². The summed E-state index contributed by atoms with van der Waals surface area (Å²) < 4.78 is 0. The summed E-state index contributed by atoms with van der Waals surface area (Å²) in [4.78, 5) is 3.78. The monoisotopic (exact) mass is 333 g/mol. The molecule has 1 heteroatoms. The zero-order valence-corrected chi connectivity index (χ0v) is 14.4. The lowest BCUT2D eigenvalue weighted by Gasteiger charge is -2.07. The predicted molar refractivity (Wildman–Crippen MR) is 111 cm³/mol. The van der Waals surface area contributed by atoms with Gasteiger partial charge in [0.25, 0.3) is 0 Å². The lowest BCUT2D eigenvalue weighted by molar-refractivity contribution is 1.33. The van der Waals surface area contributed by atoms with Crippen LogP contribution in [0.5, 0.6) is 0 Å². The Morgan fingerprint density at radius 3 is 1.73 bits per heavy atom. The molecule has 0 aliphatic heterocycles. The summed E-state index contributed by atoms with van der Waals surface area (Å²) in [6.07, 6.45) is 3.50. The topological polar surface area (TPSA) is 12.9 Å². The van der Waals surface area contributed by atoms with Crippen molar-refractivity contribution >= 4 is 21.5 Å². The second-order valence-corrected chi connectivity index (χ2v) is 6.11. The molecule has 0 bridgehead atoms. The molecule has 0 fully saturated rings. The third kappa shape index (κ3) is 3.47. The fourth-order valence-electron chi connectivity index (χ4n) is 3.12. The van der Waals surface area contributed by atoms with Crippen molar-refractivity contribution in [1.29, 1.82) is 0 Å². The Bertz CT molecular complexity index is 1090. The minimum Gasteiger partial charge on any atom is -0.265 e. The zero-order chi connectivity index (χ0) is 17.6. The summed E-state index contributed by atoms with van der Waals surface area (Å²) in [5, 5.41) is 5.24. The second-order valence-electron chi connectivity index (χ2n) is 6.11. The van der Waals surface area contributed by atoms with Crippen molar-refractivity contribution < 1.29 is 0 Å². The van der Waals surface area contributed by atoms with Crippen molar-refractivity contribution in [2.75, 3.05) is 0 Å². The Kier molecular flexibility index (Phi) is 4.70. The van der Waals surface area contributed by atoms with Crippen LogP contribution in [-0.2, 0) is 0 Å². The van der Waals surface area contributed by atoms with E-state index in [1.54, 1.807) is 12.4 Å². The predicted octanol–water partition coefficient (Wildman–Crippen LogP) is 6.74. The number of rotatable bonds is 1. The van der Waals surface area contributed by atoms with Gasteiger partial charge < -0.3 is 0 Å². The second kappa shape index (κ2) is 7.62. The number of hydrogen-bond donors (Lipinski definition) is 0. The van der Waals surface area contributed by atoms with E-state index >= 15 is 0 Å². The van der Waals surface area contributed by atoms with Crippen LogP contribution in [0.1, 0.15) is 0 Å². The Morgan fingerprint density at radius 1 is 0.423 bits per heavy atom. The van der Waals surface area contributed by atoms with Crippen molar-refractivity contribution in [1.82, 2.24) is 4.98 Å². The van der Waals surface area contributed by atoms with Crippen molar-refractivity contribution in [3.05, 3.63) is 116 Å². The molecular formula is C25H19N. The highest BCUT2D eigenvalue weighted by molar-refractivity contribution is 6.08. The molecule has 0 saturated heterocycles. The molecule has 5 rings (SSSR count). The number of benzene rings is 4. The fourth-order valence-corrected chi connectivity index (χ4v) is 3.12. The smallest absolute Gasteiger partial charge is 0.0267 e. The van der Waals surface area contributed by atoms with Gasteiger partial charge in [0.2, 0.25) is 0 Å². The van der Waals surface area contributed by atoms with E-state index in [1.807, 2.05) is 18.2 Å². The highest BCUT2D eigenvalue weighted by Crippen LogP contribution is 2.29. The van der Waals surface area contributed by atoms with Gasteiger partial charge in [0.15, 0.2) is 0 Å². The first-order valence-electron chi connectivity index (χ1n) is 8.74. The molecule has 1 heterocycles. The third-order valence-electron chi connectivity index (χ3n) is 4.42. The van der Waals surface area contributed by atoms with Gasteiger partial charge in [-0.05, 0) is 50.9 Å². The van der Waals surface area contributed by atoms with Crippen LogP contribution in [0, 0.1) is 0 Å². The minimum atomic E-state index is 1.27. The van der Waals surface area contributed by atoms with Gasteiger partial charge in [-0.1, -0.05) is 84.9 Å². The van der Waals surface area contributed by atoms with Crippen LogP contribution < -0.4 is 0 Å². The minimum absolute atomic E-state index is 1.27. The summed E-state index contributed by atoms with van der Waals surface area (Å²) in [6.45, 7) is 0. The van der Waals surface area contributed by atoms with Crippen LogP contribution in [-0.4, -0.2) is 4.98 Å². The SMILES string of the molecule is c1ccc(-c2ccc3ccc4ccccc4c3c2)cc1.c1ccncc1. The van der Waals surface area contributed by atoms with Gasteiger partial charge in [0.05, 0.1) is 0 Å². The number of hydrogen-bond acceptors (Lipinski definition) is 1. The fraction of sp³-hybridized carbons (Fsp3) is 0. The summed E-state index contributed by atoms with van der Waals surface area (Å²) in [5.41, 5.74) is 2.54. The molecule has 1 aromatic heterocycles. The van der Waals surface area contributed by atoms with E-state index in [2.05, 4.69) is 89.9 Å². The van der Waals surface area contributed by atoms with Gasteiger partial charge in [-0.15, -0.1) is 0 Å². The molecule has 26 heavy (non-hydrogen) atoms. The lowest BCUT2D eigenvalue weighted by atomic mass is 9.97. The Morgan fingerprint density at radius 2 is 1.04 bits per heavy atom. The van der Waals surface area contributed by atoms with Crippen LogP contribution in [0.2, 0.25) is 0 Å². The number of aromatic nitrogens is 1. The number of fused-ring (bicyclic) bond motifs is 3. The molecule has 5 aromatic rings. The van der Waals surface area contributed by atoms with Crippen molar-refractivity contribution in [3.8, 4) is 11.1 Å². The number of nitrogens with zero attached hydrogens (tertiary/aromatic N) is 1. The summed E-state index contributed by atoms with van der Waals surface area (Å²) >= 11 is 0. The van der Waals surface area contributed by atoms with Crippen molar-refractivity contribution in [3.63, 3.8) is 0 Å². The van der Waals surface area contributed by atoms with E-state index < -0.39 is 0 Å². The quantitative estimate of drug-likeness (QED) is 0.309. The van der Waals surface area contributed by atoms with E-state index in [-0.39, 0.29) is 0 Å². The lowest BCUT2D eigenvalue weighted by Crippen LogP contribution is -1.81. The first kappa shape index (κ1) is 16.0. The summed E-state index contributed by atoms with van der Waals surface area (Å²) in [6, 6.07) is 35.9. The van der Waals surface area contributed by atoms with Crippen LogP contribution in [0.15, 0.2) is 116 Å². The highest BCUT2D eigenvalue weighted by Gasteiger charge is 2.02. The van der Waals surface area contributed by atoms with Crippen LogP contribution >= 0.6 is 0 Å². The van der Waals surface area contributed by atoms with Gasteiger partial charge in [-0.2, -0.15) is 0 Å². The molecule has 0 saturated carbocycles. The Hall–Kier alpha value is -3.45. The van der Waals surface area contributed by atoms with Crippen LogP contribution in [0.25, 0.3) is 32.7 Å². The average Bonchev–Trinajstić information content (AvgIpc) is 2.75. The van der Waals surface area contributed by atoms with Crippen molar-refractivity contribution in [2.24, 2.45) is 0 Å². The maximum Gasteiger partial charge on any atom is 0.0267 e. The maximum absolute atomic E-state index is 3.78. The van der Waals surface area contributed by atoms with Gasteiger partial charge in [0, 0.05) is 12.4 Å². The molecule has 4 aromatic carbocycles. The standard InChI is InChI=1S/C20H14.C5H5N/c1-2-6-15(7-3-1)18-13-12-17-11-10-16-8-4-5-9-19(16)20(17)14-18;1-2-4-6-5-3-1/h1-14H;1-5H. The van der Waals surface area contributed by atoms with Gasteiger partial charge in [0.1, 0.15) is 0 Å². The van der Waals surface area contributed by atoms with E-state index in [4.69, 9.17) is 0 Å². The van der Waals surface area contributed by atoms with E-state index in [1.165, 1.54) is 32.7 Å². The summed E-state index contributed by atoms with van der Waals surface area (Å²) in [7, 11) is 0. The van der Waals surface area contributed by atoms with Gasteiger partial charge in [-0.25, -0.2) is 0 Å². The van der Waals surface area contributed by atoms with Crippen LogP contribution in [0.3, 0.4) is 0 Å². The largest absolute Gasteiger partial charge is 0.265 e. The Labute approximate surface area is 153 Å². The molecule has 0 aliphatic rings. The molecule has 0 atom stereocenters. The Balaban J connectivity index is 0.000000240.